The number of nitrogens with zero attached hydrogens (tertiary/aromatic N) is 2. The summed E-state index contributed by atoms with van der Waals surface area (Å²) in [4.78, 5) is 11.6. The summed E-state index contributed by atoms with van der Waals surface area (Å²) in [6, 6.07) is -0.177. The van der Waals surface area contributed by atoms with E-state index >= 15 is 0 Å². The van der Waals surface area contributed by atoms with E-state index in [0.717, 1.165) is 0 Å². The van der Waals surface area contributed by atoms with E-state index in [2.05, 4.69) is 15.2 Å². The van der Waals surface area contributed by atoms with Crippen LogP contribution in [0.2, 0.25) is 0 Å². The van der Waals surface area contributed by atoms with Crippen LogP contribution < -0.4 is 15.8 Å². The van der Waals surface area contributed by atoms with E-state index in [0.29, 0.717) is 12.8 Å². The standard InChI is InChI=1S/C14H21F3N4O3/c1-14(2,3)24-13(22)19-7-4-8(5-7)21-6-9(18)12(20-21)23-11(17)10(15)16/h6-8,10-11H,4-5,18H2,1-3H3,(H,19,22). The maximum atomic E-state index is 12.9. The first-order valence-electron chi connectivity index (χ1n) is 7.48. The summed E-state index contributed by atoms with van der Waals surface area (Å²) in [5.41, 5.74) is 4.98. The number of nitrogens with one attached hydrogen (secondary N) is 1. The average Bonchev–Trinajstić information content (AvgIpc) is 2.72. The Bertz CT molecular complexity index is 582. The van der Waals surface area contributed by atoms with Crippen LogP contribution in [-0.4, -0.2) is 40.3 Å². The van der Waals surface area contributed by atoms with E-state index in [1.54, 1.807) is 20.8 Å². The second-order valence-corrected chi connectivity index (χ2v) is 6.64. The number of hydrogen-bond acceptors (Lipinski definition) is 5. The molecule has 1 fully saturated rings. The van der Waals surface area contributed by atoms with E-state index in [-0.39, 0.29) is 23.7 Å². The summed E-state index contributed by atoms with van der Waals surface area (Å²) in [5.74, 6) is -0.369. The van der Waals surface area contributed by atoms with Crippen molar-refractivity contribution >= 4 is 11.8 Å². The fraction of sp³-hybridized carbons (Fsp3) is 0.714. The Labute approximate surface area is 137 Å². The number of carbonyl (C=O) groups excluding carboxylic acids is 1. The molecule has 1 atom stereocenters. The van der Waals surface area contributed by atoms with Crippen LogP contribution in [0.3, 0.4) is 0 Å². The number of carbonyl (C=O) groups is 1. The number of alkyl carbamates (subject to hydrolysis) is 1. The highest BCUT2D eigenvalue weighted by molar-refractivity contribution is 5.68. The zero-order valence-electron chi connectivity index (χ0n) is 13.6. The van der Waals surface area contributed by atoms with Gasteiger partial charge in [0.2, 0.25) is 0 Å². The number of hydrogen-bond donors (Lipinski definition) is 2. The second kappa shape index (κ2) is 6.78. The first kappa shape index (κ1) is 18.2. The minimum Gasteiger partial charge on any atom is -0.444 e. The molecule has 1 aliphatic rings. The van der Waals surface area contributed by atoms with Crippen molar-refractivity contribution < 1.29 is 27.4 Å². The lowest BCUT2D eigenvalue weighted by molar-refractivity contribution is -0.0690. The first-order valence-corrected chi connectivity index (χ1v) is 7.48. The number of halogens is 3. The Hall–Kier alpha value is -2.13. The third-order valence-corrected chi connectivity index (χ3v) is 3.36. The zero-order valence-corrected chi connectivity index (χ0v) is 13.6. The van der Waals surface area contributed by atoms with Crippen molar-refractivity contribution in [3.05, 3.63) is 6.20 Å². The van der Waals surface area contributed by atoms with Crippen LogP contribution in [0.1, 0.15) is 39.7 Å². The Balaban J connectivity index is 1.84. The van der Waals surface area contributed by atoms with E-state index in [1.807, 2.05) is 0 Å². The Morgan fingerprint density at radius 3 is 2.58 bits per heavy atom. The van der Waals surface area contributed by atoms with Gasteiger partial charge in [-0.2, -0.15) is 4.39 Å². The monoisotopic (exact) mass is 350 g/mol. The van der Waals surface area contributed by atoms with Crippen molar-refractivity contribution in [2.75, 3.05) is 5.73 Å². The van der Waals surface area contributed by atoms with Gasteiger partial charge in [-0.3, -0.25) is 4.68 Å². The minimum atomic E-state index is -3.28. The highest BCUT2D eigenvalue weighted by Crippen LogP contribution is 2.34. The Morgan fingerprint density at radius 2 is 2.04 bits per heavy atom. The molecular weight excluding hydrogens is 329 g/mol. The molecule has 0 spiro atoms. The van der Waals surface area contributed by atoms with Gasteiger partial charge < -0.3 is 20.5 Å². The fourth-order valence-electron chi connectivity index (χ4n) is 2.22. The maximum Gasteiger partial charge on any atom is 0.407 e. The van der Waals surface area contributed by atoms with Crippen LogP contribution in [-0.2, 0) is 4.74 Å². The molecule has 10 heteroatoms. The van der Waals surface area contributed by atoms with E-state index in [9.17, 15) is 18.0 Å². The molecule has 1 aromatic heterocycles. The number of alkyl halides is 3. The van der Waals surface area contributed by atoms with Gasteiger partial charge in [0.25, 0.3) is 12.2 Å². The number of rotatable bonds is 5. The second-order valence-electron chi connectivity index (χ2n) is 6.64. The number of amides is 1. The summed E-state index contributed by atoms with van der Waals surface area (Å²) in [5, 5.41) is 6.60. The molecule has 1 aliphatic carbocycles. The highest BCUT2D eigenvalue weighted by atomic mass is 19.3. The third kappa shape index (κ3) is 4.68. The summed E-state index contributed by atoms with van der Waals surface area (Å²) < 4.78 is 48.2. The molecule has 3 N–H and O–H groups in total. The van der Waals surface area contributed by atoms with Gasteiger partial charge in [-0.15, -0.1) is 5.10 Å². The van der Waals surface area contributed by atoms with Gasteiger partial charge in [0.05, 0.1) is 12.2 Å². The van der Waals surface area contributed by atoms with Crippen LogP contribution in [0.5, 0.6) is 5.88 Å². The van der Waals surface area contributed by atoms with Crippen molar-refractivity contribution in [3.63, 3.8) is 0 Å². The normalized spacial score (nSPS) is 22.0. The number of aromatic nitrogens is 2. The van der Waals surface area contributed by atoms with E-state index < -0.39 is 24.5 Å². The molecule has 0 radical (unpaired) electrons. The van der Waals surface area contributed by atoms with Gasteiger partial charge in [0.15, 0.2) is 0 Å². The largest absolute Gasteiger partial charge is 0.444 e. The van der Waals surface area contributed by atoms with Gasteiger partial charge in [-0.1, -0.05) is 0 Å². The van der Waals surface area contributed by atoms with Crippen molar-refractivity contribution in [1.82, 2.24) is 15.1 Å². The van der Waals surface area contributed by atoms with Gasteiger partial charge in [0, 0.05) is 6.04 Å². The molecule has 0 saturated heterocycles. The number of anilines is 1. The molecule has 2 rings (SSSR count). The third-order valence-electron chi connectivity index (χ3n) is 3.36. The van der Waals surface area contributed by atoms with Crippen molar-refractivity contribution in [2.24, 2.45) is 0 Å². The molecule has 0 bridgehead atoms. The smallest absolute Gasteiger partial charge is 0.407 e. The topological polar surface area (TPSA) is 91.4 Å². The number of nitrogens with two attached hydrogens (primary N) is 1. The van der Waals surface area contributed by atoms with Gasteiger partial charge in [-0.05, 0) is 33.6 Å². The van der Waals surface area contributed by atoms with Gasteiger partial charge in [0.1, 0.15) is 11.3 Å². The lowest BCUT2D eigenvalue weighted by Gasteiger charge is -2.36. The molecule has 0 aliphatic heterocycles. The Morgan fingerprint density at radius 1 is 1.42 bits per heavy atom. The van der Waals surface area contributed by atoms with Crippen LogP contribution in [0.15, 0.2) is 6.20 Å². The van der Waals surface area contributed by atoms with Crippen molar-refractivity contribution in [2.45, 2.75) is 64.1 Å². The predicted molar refractivity (Wildman–Crippen MR) is 79.6 cm³/mol. The summed E-state index contributed by atoms with van der Waals surface area (Å²) in [7, 11) is 0. The SMILES string of the molecule is CC(C)(C)OC(=O)NC1CC(n2cc(N)c(OC(F)C(F)F)n2)C1. The maximum absolute atomic E-state index is 12.9. The zero-order chi connectivity index (χ0) is 18.1. The van der Waals surface area contributed by atoms with Crippen molar-refractivity contribution in [3.8, 4) is 5.88 Å². The fourth-order valence-corrected chi connectivity index (χ4v) is 2.22. The van der Waals surface area contributed by atoms with E-state index in [4.69, 9.17) is 10.5 Å². The lowest BCUT2D eigenvalue weighted by atomic mass is 9.87. The van der Waals surface area contributed by atoms with Gasteiger partial charge >= 0.3 is 12.5 Å². The minimum absolute atomic E-state index is 0.0261. The van der Waals surface area contributed by atoms with Crippen LogP contribution in [0, 0.1) is 0 Å². The molecule has 0 aromatic carbocycles. The predicted octanol–water partition coefficient (Wildman–Crippen LogP) is 2.63. The summed E-state index contributed by atoms with van der Waals surface area (Å²) >= 11 is 0. The summed E-state index contributed by atoms with van der Waals surface area (Å²) in [6.07, 6.45) is -4.05. The van der Waals surface area contributed by atoms with Crippen LogP contribution in [0.25, 0.3) is 0 Å². The average molecular weight is 350 g/mol. The number of ether oxygens (including phenoxy) is 2. The van der Waals surface area contributed by atoms with Crippen LogP contribution >= 0.6 is 0 Å². The number of nitrogen functional groups attached to an aromatic ring is 1. The molecule has 1 heterocycles. The molecule has 1 saturated carbocycles. The quantitative estimate of drug-likeness (QED) is 0.852. The van der Waals surface area contributed by atoms with E-state index in [1.165, 1.54) is 10.9 Å². The van der Waals surface area contributed by atoms with Gasteiger partial charge in [-0.25, -0.2) is 13.6 Å². The highest BCUT2D eigenvalue weighted by Gasteiger charge is 2.34. The van der Waals surface area contributed by atoms with Crippen molar-refractivity contribution in [1.29, 1.82) is 0 Å². The molecular formula is C14H21F3N4O3. The van der Waals surface area contributed by atoms with Crippen LogP contribution in [0.4, 0.5) is 23.7 Å². The molecule has 7 nitrogen and oxygen atoms in total. The molecule has 136 valence electrons. The molecule has 1 amide bonds. The Kier molecular flexibility index (Phi) is 5.14. The molecule has 1 aromatic rings. The molecule has 24 heavy (non-hydrogen) atoms. The molecule has 1 unspecified atom stereocenters. The first-order chi connectivity index (χ1) is 11.0. The summed E-state index contributed by atoms with van der Waals surface area (Å²) in [6.45, 7) is 5.30. The lowest BCUT2D eigenvalue weighted by Crippen LogP contribution is -2.46.